The first kappa shape index (κ1) is 15.2. The maximum absolute atomic E-state index is 12.2. The van der Waals surface area contributed by atoms with Crippen LogP contribution in [0, 0.1) is 5.92 Å². The van der Waals surface area contributed by atoms with Gasteiger partial charge in [-0.2, -0.15) is 0 Å². The van der Waals surface area contributed by atoms with Crippen LogP contribution in [0.1, 0.15) is 20.3 Å². The van der Waals surface area contributed by atoms with E-state index in [1.807, 2.05) is 0 Å². The van der Waals surface area contributed by atoms with Crippen LogP contribution in [0.2, 0.25) is 0 Å². The largest absolute Gasteiger partial charge is 0.480 e. The summed E-state index contributed by atoms with van der Waals surface area (Å²) >= 11 is 13.0. The molecule has 0 radical (unpaired) electrons. The molecular formula is C12H14Cl2N2O4S. The molecule has 2 N–H and O–H groups in total. The molecule has 2 amide bonds. The van der Waals surface area contributed by atoms with Gasteiger partial charge in [0.2, 0.25) is 11.8 Å². The number of nitrogens with one attached hydrogen (secondary N) is 1. The number of carboxylic acid groups (broad SMARTS) is 1. The average molecular weight is 353 g/mol. The molecule has 3 fully saturated rings. The van der Waals surface area contributed by atoms with Crippen molar-refractivity contribution in [2.45, 2.75) is 46.8 Å². The summed E-state index contributed by atoms with van der Waals surface area (Å²) in [6, 6.07) is -1.58. The zero-order valence-corrected chi connectivity index (χ0v) is 13.6. The van der Waals surface area contributed by atoms with E-state index in [1.54, 1.807) is 13.8 Å². The Morgan fingerprint density at radius 1 is 1.43 bits per heavy atom. The summed E-state index contributed by atoms with van der Waals surface area (Å²) < 4.78 is -1.64. The molecular weight excluding hydrogens is 339 g/mol. The molecule has 1 unspecified atom stereocenters. The molecule has 2 saturated heterocycles. The Labute approximate surface area is 135 Å². The second kappa shape index (κ2) is 4.43. The minimum absolute atomic E-state index is 0.351. The number of carboxylic acids is 1. The second-order valence-corrected chi connectivity index (χ2v) is 9.42. The van der Waals surface area contributed by atoms with Crippen molar-refractivity contribution < 1.29 is 19.5 Å². The number of halogens is 2. The Morgan fingerprint density at radius 2 is 2.00 bits per heavy atom. The fourth-order valence-corrected chi connectivity index (χ4v) is 5.03. The first-order chi connectivity index (χ1) is 9.56. The summed E-state index contributed by atoms with van der Waals surface area (Å²) in [5.74, 6) is -2.25. The number of thioether (sulfide) groups is 1. The highest BCUT2D eigenvalue weighted by molar-refractivity contribution is 8.01. The third kappa shape index (κ3) is 2.21. The molecule has 1 saturated carbocycles. The summed E-state index contributed by atoms with van der Waals surface area (Å²) in [6.45, 7) is 3.56. The fourth-order valence-electron chi connectivity index (χ4n) is 2.90. The number of hydrogen-bond donors (Lipinski definition) is 2. The number of alkyl halides is 2. The van der Waals surface area contributed by atoms with Crippen LogP contribution >= 0.6 is 35.0 Å². The lowest BCUT2D eigenvalue weighted by Crippen LogP contribution is -2.70. The van der Waals surface area contributed by atoms with E-state index in [0.29, 0.717) is 6.42 Å². The highest BCUT2D eigenvalue weighted by Crippen LogP contribution is 2.54. The molecule has 0 aromatic heterocycles. The number of carbonyl (C=O) groups excluding carboxylic acids is 2. The number of rotatable bonds is 3. The van der Waals surface area contributed by atoms with Crippen LogP contribution in [-0.4, -0.2) is 54.3 Å². The van der Waals surface area contributed by atoms with E-state index in [-0.39, 0.29) is 17.2 Å². The lowest BCUT2D eigenvalue weighted by atomic mass is 9.96. The van der Waals surface area contributed by atoms with Crippen molar-refractivity contribution in [3.8, 4) is 0 Å². The summed E-state index contributed by atoms with van der Waals surface area (Å²) in [4.78, 5) is 36.8. The first-order valence-electron chi connectivity index (χ1n) is 6.47. The zero-order chi connectivity index (χ0) is 15.7. The molecule has 2 aliphatic heterocycles. The number of carbonyl (C=O) groups is 3. The van der Waals surface area contributed by atoms with Gasteiger partial charge >= 0.3 is 5.97 Å². The molecule has 0 aromatic rings. The van der Waals surface area contributed by atoms with Gasteiger partial charge in [0.15, 0.2) is 0 Å². The Balaban J connectivity index is 1.71. The van der Waals surface area contributed by atoms with Gasteiger partial charge in [0, 0.05) is 4.75 Å². The summed E-state index contributed by atoms with van der Waals surface area (Å²) in [5.41, 5.74) is 0. The van der Waals surface area contributed by atoms with Gasteiger partial charge in [-0.3, -0.25) is 9.59 Å². The Kier molecular flexibility index (Phi) is 3.21. The highest BCUT2D eigenvalue weighted by atomic mass is 35.5. The van der Waals surface area contributed by atoms with Gasteiger partial charge in [0.25, 0.3) is 0 Å². The van der Waals surface area contributed by atoms with Crippen molar-refractivity contribution in [1.82, 2.24) is 10.2 Å². The monoisotopic (exact) mass is 352 g/mol. The van der Waals surface area contributed by atoms with Gasteiger partial charge in [0.1, 0.15) is 21.8 Å². The van der Waals surface area contributed by atoms with Crippen LogP contribution in [0.4, 0.5) is 0 Å². The van der Waals surface area contributed by atoms with Gasteiger partial charge in [-0.25, -0.2) is 4.79 Å². The summed E-state index contributed by atoms with van der Waals surface area (Å²) in [5, 5.41) is 11.6. The summed E-state index contributed by atoms with van der Waals surface area (Å²) in [6.07, 6.45) is 0.369. The third-order valence-corrected chi connectivity index (χ3v) is 6.52. The molecule has 2 heterocycles. The van der Waals surface area contributed by atoms with Crippen LogP contribution < -0.4 is 5.32 Å². The average Bonchev–Trinajstić information content (AvgIpc) is 2.90. The standard InChI is InChI=1S/C12H14Cl2N2O4S/c1-11(2)6(10(19)20)16-8(18)5(9(16)21-11)15-7(17)4-3-12(4,13)14/h4-6,9H,3H2,1-2H3,(H,15,17)(H,19,20)/t4?,5-,6+,9-/m1/s1. The van der Waals surface area contributed by atoms with Crippen molar-refractivity contribution in [2.24, 2.45) is 5.92 Å². The Bertz CT molecular complexity index is 553. The molecule has 116 valence electrons. The van der Waals surface area contributed by atoms with Gasteiger partial charge < -0.3 is 15.3 Å². The minimum atomic E-state index is -1.04. The minimum Gasteiger partial charge on any atom is -0.480 e. The number of β-lactam (4-membered cyclic amide) rings is 1. The Morgan fingerprint density at radius 3 is 2.48 bits per heavy atom. The zero-order valence-electron chi connectivity index (χ0n) is 11.3. The van der Waals surface area contributed by atoms with E-state index < -0.39 is 33.1 Å². The number of amides is 2. The molecule has 3 rings (SSSR count). The predicted molar refractivity (Wildman–Crippen MR) is 78.2 cm³/mol. The number of fused-ring (bicyclic) bond motifs is 1. The van der Waals surface area contributed by atoms with E-state index >= 15 is 0 Å². The molecule has 21 heavy (non-hydrogen) atoms. The lowest BCUT2D eigenvalue weighted by Gasteiger charge is -2.43. The van der Waals surface area contributed by atoms with E-state index in [4.69, 9.17) is 23.2 Å². The normalized spacial score (nSPS) is 38.5. The molecule has 1 aliphatic carbocycles. The SMILES string of the molecule is CC1(C)S[C@@H]2[C@H](NC(=O)C3CC3(Cl)Cl)C(=O)N2[C@H]1C(=O)O. The van der Waals surface area contributed by atoms with Crippen molar-refractivity contribution >= 4 is 52.7 Å². The second-order valence-electron chi connectivity index (χ2n) is 6.10. The number of nitrogens with zero attached hydrogens (tertiary/aromatic N) is 1. The predicted octanol–water partition coefficient (Wildman–Crippen LogP) is 0.812. The molecule has 0 bridgehead atoms. The van der Waals surface area contributed by atoms with Crippen molar-refractivity contribution in [2.75, 3.05) is 0 Å². The van der Waals surface area contributed by atoms with Crippen LogP contribution in [0.15, 0.2) is 0 Å². The highest BCUT2D eigenvalue weighted by Gasteiger charge is 2.65. The lowest BCUT2D eigenvalue weighted by molar-refractivity contribution is -0.161. The summed E-state index contributed by atoms with van der Waals surface area (Å²) in [7, 11) is 0. The van der Waals surface area contributed by atoms with E-state index in [2.05, 4.69) is 5.32 Å². The maximum Gasteiger partial charge on any atom is 0.327 e. The Hall–Kier alpha value is -0.660. The van der Waals surface area contributed by atoms with E-state index in [0.717, 1.165) is 0 Å². The smallest absolute Gasteiger partial charge is 0.327 e. The van der Waals surface area contributed by atoms with Gasteiger partial charge in [-0.1, -0.05) is 0 Å². The van der Waals surface area contributed by atoms with Crippen LogP contribution in [0.5, 0.6) is 0 Å². The van der Waals surface area contributed by atoms with Gasteiger partial charge in [-0.15, -0.1) is 35.0 Å². The van der Waals surface area contributed by atoms with Gasteiger partial charge in [-0.05, 0) is 20.3 Å². The van der Waals surface area contributed by atoms with Crippen LogP contribution in [-0.2, 0) is 14.4 Å². The molecule has 0 aromatic carbocycles. The van der Waals surface area contributed by atoms with Gasteiger partial charge in [0.05, 0.1) is 5.92 Å². The quantitative estimate of drug-likeness (QED) is 0.579. The molecule has 3 aliphatic rings. The number of aliphatic carboxylic acids is 1. The van der Waals surface area contributed by atoms with Crippen molar-refractivity contribution in [3.05, 3.63) is 0 Å². The topological polar surface area (TPSA) is 86.7 Å². The molecule has 6 nitrogen and oxygen atoms in total. The third-order valence-electron chi connectivity index (χ3n) is 4.12. The van der Waals surface area contributed by atoms with Crippen LogP contribution in [0.25, 0.3) is 0 Å². The molecule has 0 spiro atoms. The van der Waals surface area contributed by atoms with E-state index in [1.165, 1.54) is 16.7 Å². The number of hydrogen-bond acceptors (Lipinski definition) is 4. The molecule has 4 atom stereocenters. The van der Waals surface area contributed by atoms with Crippen molar-refractivity contribution in [1.29, 1.82) is 0 Å². The fraction of sp³-hybridized carbons (Fsp3) is 0.750. The van der Waals surface area contributed by atoms with Crippen LogP contribution in [0.3, 0.4) is 0 Å². The molecule has 9 heteroatoms. The van der Waals surface area contributed by atoms with E-state index in [9.17, 15) is 19.5 Å². The first-order valence-corrected chi connectivity index (χ1v) is 8.11. The van der Waals surface area contributed by atoms with Crippen molar-refractivity contribution in [3.63, 3.8) is 0 Å². The maximum atomic E-state index is 12.2.